The van der Waals surface area contributed by atoms with Gasteiger partial charge >= 0.3 is 6.09 Å². The molecule has 0 aliphatic carbocycles. The molecule has 1 rings (SSSR count). The van der Waals surface area contributed by atoms with Crippen molar-refractivity contribution in [3.8, 4) is 6.07 Å². The maximum atomic E-state index is 11.1. The van der Waals surface area contributed by atoms with E-state index in [1.165, 1.54) is 12.1 Å². The maximum absolute atomic E-state index is 11.1. The summed E-state index contributed by atoms with van der Waals surface area (Å²) in [6.45, 7) is 1.94. The number of benzene rings is 1. The van der Waals surface area contributed by atoms with Gasteiger partial charge in [0.1, 0.15) is 6.07 Å². The number of nitriles is 1. The fraction of sp³-hybridized carbons (Fsp3) is 0.200. The molecule has 0 aliphatic rings. The number of hydrogen-bond acceptors (Lipinski definition) is 3. The van der Waals surface area contributed by atoms with Crippen LogP contribution in [0.25, 0.3) is 0 Å². The Bertz CT molecular complexity index is 455. The van der Waals surface area contributed by atoms with Crippen molar-refractivity contribution < 1.29 is 9.53 Å². The van der Waals surface area contributed by atoms with Crippen molar-refractivity contribution in [2.75, 3.05) is 11.9 Å². The van der Waals surface area contributed by atoms with Crippen molar-refractivity contribution in [2.24, 2.45) is 0 Å². The molecule has 1 aromatic rings. The fourth-order valence-corrected chi connectivity index (χ4v) is 1.48. The Morgan fingerprint density at radius 1 is 1.50 bits per heavy atom. The minimum atomic E-state index is -0.629. The lowest BCUT2D eigenvalue weighted by atomic mass is 10.2. The Morgan fingerprint density at radius 2 is 2.19 bits per heavy atom. The molecular weight excluding hydrogens is 251 g/mol. The predicted molar refractivity (Wildman–Crippen MR) is 61.8 cm³/mol. The van der Waals surface area contributed by atoms with Gasteiger partial charge in [0.2, 0.25) is 0 Å². The number of carbonyl (C=O) groups excluding carboxylic acids is 1. The molecule has 0 radical (unpaired) electrons. The summed E-state index contributed by atoms with van der Waals surface area (Å²) < 4.78 is 4.68. The standard InChI is InChI=1S/C10H8Cl2N2O2/c1-2-16-10(15)14-9-3-6(5-13)7(11)4-8(9)12/h3-4H,2H2,1H3,(H,14,15). The molecule has 0 unspecified atom stereocenters. The molecule has 0 atom stereocenters. The lowest BCUT2D eigenvalue weighted by Gasteiger charge is -2.08. The average molecular weight is 259 g/mol. The molecule has 1 amide bonds. The van der Waals surface area contributed by atoms with Crippen molar-refractivity contribution in [3.63, 3.8) is 0 Å². The maximum Gasteiger partial charge on any atom is 0.411 e. The minimum Gasteiger partial charge on any atom is -0.450 e. The molecule has 0 spiro atoms. The number of hydrogen-bond donors (Lipinski definition) is 1. The average Bonchev–Trinajstić information content (AvgIpc) is 2.22. The molecule has 16 heavy (non-hydrogen) atoms. The zero-order chi connectivity index (χ0) is 12.1. The molecule has 0 heterocycles. The third-order valence-corrected chi connectivity index (χ3v) is 2.31. The summed E-state index contributed by atoms with van der Waals surface area (Å²) in [4.78, 5) is 11.1. The van der Waals surface area contributed by atoms with Gasteiger partial charge in [0.05, 0.1) is 27.9 Å². The first-order valence-electron chi connectivity index (χ1n) is 4.41. The van der Waals surface area contributed by atoms with Crippen molar-refractivity contribution in [2.45, 2.75) is 6.92 Å². The van der Waals surface area contributed by atoms with Crippen LogP contribution in [-0.4, -0.2) is 12.7 Å². The van der Waals surface area contributed by atoms with Crippen LogP contribution in [0.4, 0.5) is 10.5 Å². The Balaban J connectivity index is 2.97. The van der Waals surface area contributed by atoms with Gasteiger partial charge in [-0.2, -0.15) is 5.26 Å². The number of halogens is 2. The molecule has 4 nitrogen and oxygen atoms in total. The summed E-state index contributed by atoms with van der Waals surface area (Å²) in [5.74, 6) is 0. The second-order valence-corrected chi connectivity index (χ2v) is 3.58. The third kappa shape index (κ3) is 3.02. The van der Waals surface area contributed by atoms with Crippen LogP contribution in [0.5, 0.6) is 0 Å². The van der Waals surface area contributed by atoms with Gasteiger partial charge in [-0.1, -0.05) is 23.2 Å². The Kier molecular flexibility index (Phi) is 4.41. The zero-order valence-corrected chi connectivity index (χ0v) is 9.89. The van der Waals surface area contributed by atoms with Gasteiger partial charge in [-0.15, -0.1) is 0 Å². The molecular formula is C10H8Cl2N2O2. The van der Waals surface area contributed by atoms with Crippen LogP contribution < -0.4 is 5.32 Å². The van der Waals surface area contributed by atoms with Crippen molar-refractivity contribution in [3.05, 3.63) is 27.7 Å². The topological polar surface area (TPSA) is 62.1 Å². The highest BCUT2D eigenvalue weighted by Crippen LogP contribution is 2.28. The van der Waals surface area contributed by atoms with E-state index in [0.29, 0.717) is 5.69 Å². The molecule has 0 fully saturated rings. The highest BCUT2D eigenvalue weighted by atomic mass is 35.5. The van der Waals surface area contributed by atoms with E-state index in [2.05, 4.69) is 10.1 Å². The Labute approximate surface area is 103 Å². The molecule has 0 aromatic heterocycles. The number of nitrogens with zero attached hydrogens (tertiary/aromatic N) is 1. The fourth-order valence-electron chi connectivity index (χ4n) is 1.01. The number of rotatable bonds is 2. The van der Waals surface area contributed by atoms with Crippen molar-refractivity contribution in [1.29, 1.82) is 5.26 Å². The summed E-state index contributed by atoms with van der Waals surface area (Å²) in [5, 5.41) is 11.6. The Morgan fingerprint density at radius 3 is 2.75 bits per heavy atom. The second kappa shape index (κ2) is 5.59. The highest BCUT2D eigenvalue weighted by molar-refractivity contribution is 6.37. The van der Waals surface area contributed by atoms with E-state index < -0.39 is 6.09 Å². The van der Waals surface area contributed by atoms with Crippen LogP contribution in [0.2, 0.25) is 10.0 Å². The summed E-state index contributed by atoms with van der Waals surface area (Å²) in [7, 11) is 0. The largest absolute Gasteiger partial charge is 0.450 e. The van der Waals surface area contributed by atoms with Gasteiger partial charge in [-0.05, 0) is 19.1 Å². The van der Waals surface area contributed by atoms with Crippen LogP contribution in [-0.2, 0) is 4.74 Å². The van der Waals surface area contributed by atoms with Crippen LogP contribution in [0.15, 0.2) is 12.1 Å². The summed E-state index contributed by atoms with van der Waals surface area (Å²) in [5.41, 5.74) is 0.527. The SMILES string of the molecule is CCOC(=O)Nc1cc(C#N)c(Cl)cc1Cl. The summed E-state index contributed by atoms with van der Waals surface area (Å²) >= 11 is 11.6. The molecule has 0 bridgehead atoms. The van der Waals surface area contributed by atoms with E-state index in [1.807, 2.05) is 6.07 Å². The molecule has 0 saturated heterocycles. The number of amides is 1. The predicted octanol–water partition coefficient (Wildman–Crippen LogP) is 3.43. The van der Waals surface area contributed by atoms with Crippen molar-refractivity contribution in [1.82, 2.24) is 0 Å². The van der Waals surface area contributed by atoms with Gasteiger partial charge in [-0.3, -0.25) is 5.32 Å². The van der Waals surface area contributed by atoms with E-state index in [0.717, 1.165) is 0 Å². The van der Waals surface area contributed by atoms with Crippen LogP contribution in [0.3, 0.4) is 0 Å². The number of nitrogens with one attached hydrogen (secondary N) is 1. The second-order valence-electron chi connectivity index (χ2n) is 2.77. The van der Waals surface area contributed by atoms with Gasteiger partial charge < -0.3 is 4.74 Å². The molecule has 1 aromatic carbocycles. The first kappa shape index (κ1) is 12.6. The van der Waals surface area contributed by atoms with Gasteiger partial charge in [0.25, 0.3) is 0 Å². The quantitative estimate of drug-likeness (QED) is 0.884. The monoisotopic (exact) mass is 258 g/mol. The first-order chi connectivity index (χ1) is 7.58. The van der Waals surface area contributed by atoms with Crippen LogP contribution >= 0.6 is 23.2 Å². The number of anilines is 1. The summed E-state index contributed by atoms with van der Waals surface area (Å²) in [6, 6.07) is 4.67. The smallest absolute Gasteiger partial charge is 0.411 e. The van der Waals surface area contributed by atoms with Gasteiger partial charge in [-0.25, -0.2) is 4.79 Å². The van der Waals surface area contributed by atoms with E-state index in [4.69, 9.17) is 28.5 Å². The highest BCUT2D eigenvalue weighted by Gasteiger charge is 2.10. The number of carbonyl (C=O) groups is 1. The third-order valence-electron chi connectivity index (χ3n) is 1.69. The molecule has 1 N–H and O–H groups in total. The molecule has 0 aliphatic heterocycles. The number of ether oxygens (including phenoxy) is 1. The molecule has 0 saturated carbocycles. The van der Waals surface area contributed by atoms with Crippen LogP contribution in [0, 0.1) is 11.3 Å². The van der Waals surface area contributed by atoms with Crippen molar-refractivity contribution >= 4 is 35.0 Å². The van der Waals surface area contributed by atoms with Gasteiger partial charge in [0, 0.05) is 0 Å². The van der Waals surface area contributed by atoms with E-state index >= 15 is 0 Å². The van der Waals surface area contributed by atoms with E-state index in [1.54, 1.807) is 6.92 Å². The minimum absolute atomic E-state index is 0.234. The van der Waals surface area contributed by atoms with E-state index in [9.17, 15) is 4.79 Å². The first-order valence-corrected chi connectivity index (χ1v) is 5.17. The van der Waals surface area contributed by atoms with Crippen LogP contribution in [0.1, 0.15) is 12.5 Å². The van der Waals surface area contributed by atoms with E-state index in [-0.39, 0.29) is 22.2 Å². The lowest BCUT2D eigenvalue weighted by Crippen LogP contribution is -2.13. The summed E-state index contributed by atoms with van der Waals surface area (Å²) in [6.07, 6.45) is -0.629. The molecule has 6 heteroatoms. The normalized spacial score (nSPS) is 9.38. The van der Waals surface area contributed by atoms with Gasteiger partial charge in [0.15, 0.2) is 0 Å². The Hall–Kier alpha value is -1.44. The lowest BCUT2D eigenvalue weighted by molar-refractivity contribution is 0.168. The molecule has 84 valence electrons. The zero-order valence-electron chi connectivity index (χ0n) is 8.38.